The lowest BCUT2D eigenvalue weighted by molar-refractivity contribution is -0.147. The number of carboxylic acid groups (broad SMARTS) is 1. The van der Waals surface area contributed by atoms with E-state index in [1.165, 1.54) is 0 Å². The number of carbonyl (C=O) groups excluding carboxylic acids is 1. The number of rotatable bonds is 5. The van der Waals surface area contributed by atoms with E-state index in [-0.39, 0.29) is 5.91 Å². The van der Waals surface area contributed by atoms with Crippen LogP contribution >= 0.6 is 0 Å². The van der Waals surface area contributed by atoms with E-state index < -0.39 is 11.4 Å². The highest BCUT2D eigenvalue weighted by Gasteiger charge is 2.26. The van der Waals surface area contributed by atoms with Gasteiger partial charge in [0.05, 0.1) is 10.9 Å². The molecule has 0 fully saturated rings. The van der Waals surface area contributed by atoms with E-state index >= 15 is 0 Å². The number of benzene rings is 1. The lowest BCUT2D eigenvalue weighted by Crippen LogP contribution is -2.31. The summed E-state index contributed by atoms with van der Waals surface area (Å²) < 4.78 is 1.63. The van der Waals surface area contributed by atoms with E-state index in [0.29, 0.717) is 24.0 Å². The third kappa shape index (κ3) is 3.18. The summed E-state index contributed by atoms with van der Waals surface area (Å²) in [6.45, 7) is 3.57. The Morgan fingerprint density at radius 3 is 2.76 bits per heavy atom. The molecule has 1 heterocycles. The van der Waals surface area contributed by atoms with Crippen molar-refractivity contribution < 1.29 is 14.7 Å². The van der Waals surface area contributed by atoms with Crippen LogP contribution in [0.25, 0.3) is 11.0 Å². The molecule has 2 rings (SSSR count). The van der Waals surface area contributed by atoms with Gasteiger partial charge in [-0.15, -0.1) is 5.10 Å². The normalized spacial score (nSPS) is 11.6. The molecule has 0 radical (unpaired) electrons. The van der Waals surface area contributed by atoms with E-state index in [1.807, 2.05) is 0 Å². The zero-order valence-corrected chi connectivity index (χ0v) is 12.3. The minimum atomic E-state index is -0.877. The lowest BCUT2D eigenvalue weighted by atomic mass is 9.90. The molecule has 0 saturated carbocycles. The van der Waals surface area contributed by atoms with Gasteiger partial charge in [0, 0.05) is 19.2 Å². The van der Waals surface area contributed by atoms with Gasteiger partial charge in [-0.3, -0.25) is 9.59 Å². The van der Waals surface area contributed by atoms with Crippen molar-refractivity contribution in [2.24, 2.45) is 12.5 Å². The summed E-state index contributed by atoms with van der Waals surface area (Å²) >= 11 is 0. The van der Waals surface area contributed by atoms with E-state index in [4.69, 9.17) is 5.11 Å². The molecule has 0 aliphatic rings. The number of aromatic nitrogens is 3. The Kier molecular flexibility index (Phi) is 3.93. The van der Waals surface area contributed by atoms with Crippen LogP contribution in [0.3, 0.4) is 0 Å². The molecular weight excluding hydrogens is 272 g/mol. The first-order valence-electron chi connectivity index (χ1n) is 6.62. The molecule has 112 valence electrons. The van der Waals surface area contributed by atoms with Crippen LogP contribution < -0.4 is 5.32 Å². The standard InChI is InChI=1S/C14H18N4O3/c1-14(2,13(20)21)6-7-15-12(19)9-4-5-11-10(8-9)16-17-18(11)3/h4-5,8H,6-7H2,1-3H3,(H,15,19)(H,20,21). The van der Waals surface area contributed by atoms with Crippen LogP contribution in [-0.4, -0.2) is 38.5 Å². The van der Waals surface area contributed by atoms with Gasteiger partial charge in [-0.25, -0.2) is 4.68 Å². The van der Waals surface area contributed by atoms with Crippen LogP contribution in [0.4, 0.5) is 0 Å². The largest absolute Gasteiger partial charge is 0.481 e. The topological polar surface area (TPSA) is 97.1 Å². The average Bonchev–Trinajstić information content (AvgIpc) is 2.79. The third-order valence-corrected chi connectivity index (χ3v) is 3.49. The average molecular weight is 290 g/mol. The molecule has 0 saturated heterocycles. The second-order valence-corrected chi connectivity index (χ2v) is 5.61. The molecule has 0 aliphatic carbocycles. The molecule has 0 unspecified atom stereocenters. The monoisotopic (exact) mass is 290 g/mol. The minimum absolute atomic E-state index is 0.247. The smallest absolute Gasteiger partial charge is 0.309 e. The number of fused-ring (bicyclic) bond motifs is 1. The van der Waals surface area contributed by atoms with Crippen molar-refractivity contribution in [3.05, 3.63) is 23.8 Å². The summed E-state index contributed by atoms with van der Waals surface area (Å²) in [4.78, 5) is 23.0. The maximum Gasteiger partial charge on any atom is 0.309 e. The Bertz CT molecular complexity index is 691. The SMILES string of the molecule is Cn1nnc2cc(C(=O)NCCC(C)(C)C(=O)O)ccc21. The fourth-order valence-corrected chi connectivity index (χ4v) is 1.88. The Morgan fingerprint density at radius 2 is 2.10 bits per heavy atom. The van der Waals surface area contributed by atoms with Crippen molar-refractivity contribution in [3.8, 4) is 0 Å². The fourth-order valence-electron chi connectivity index (χ4n) is 1.88. The molecule has 1 aromatic carbocycles. The first-order valence-corrected chi connectivity index (χ1v) is 6.62. The van der Waals surface area contributed by atoms with Gasteiger partial charge in [0.25, 0.3) is 5.91 Å². The number of hydrogen-bond donors (Lipinski definition) is 2. The molecular formula is C14H18N4O3. The van der Waals surface area contributed by atoms with Gasteiger partial charge in [-0.05, 0) is 38.5 Å². The number of amides is 1. The van der Waals surface area contributed by atoms with Crippen molar-refractivity contribution >= 4 is 22.9 Å². The molecule has 0 aliphatic heterocycles. The molecule has 1 amide bonds. The van der Waals surface area contributed by atoms with E-state index in [1.54, 1.807) is 43.8 Å². The van der Waals surface area contributed by atoms with Crippen molar-refractivity contribution in [2.45, 2.75) is 20.3 Å². The molecule has 7 nitrogen and oxygen atoms in total. The number of nitrogens with one attached hydrogen (secondary N) is 1. The zero-order chi connectivity index (χ0) is 15.6. The second-order valence-electron chi connectivity index (χ2n) is 5.61. The first-order chi connectivity index (χ1) is 9.81. The Labute approximate surface area is 121 Å². The molecule has 0 atom stereocenters. The van der Waals surface area contributed by atoms with Gasteiger partial charge < -0.3 is 10.4 Å². The predicted molar refractivity (Wildman–Crippen MR) is 76.9 cm³/mol. The quantitative estimate of drug-likeness (QED) is 0.862. The van der Waals surface area contributed by atoms with Gasteiger partial charge in [0.2, 0.25) is 0 Å². The summed E-state index contributed by atoms with van der Waals surface area (Å²) in [6, 6.07) is 5.15. The summed E-state index contributed by atoms with van der Waals surface area (Å²) in [5.41, 5.74) is 1.12. The summed E-state index contributed by atoms with van der Waals surface area (Å²) in [5, 5.41) is 19.6. The van der Waals surface area contributed by atoms with Gasteiger partial charge in [0.1, 0.15) is 5.52 Å². The number of nitrogens with zero attached hydrogens (tertiary/aromatic N) is 3. The third-order valence-electron chi connectivity index (χ3n) is 3.49. The van der Waals surface area contributed by atoms with Gasteiger partial charge in [-0.2, -0.15) is 0 Å². The fraction of sp³-hybridized carbons (Fsp3) is 0.429. The van der Waals surface area contributed by atoms with Crippen molar-refractivity contribution in [3.63, 3.8) is 0 Å². The number of carboxylic acids is 1. The number of aliphatic carboxylic acids is 1. The van der Waals surface area contributed by atoms with Gasteiger partial charge in [0.15, 0.2) is 0 Å². The van der Waals surface area contributed by atoms with Crippen molar-refractivity contribution in [1.29, 1.82) is 0 Å². The van der Waals surface area contributed by atoms with Gasteiger partial charge in [-0.1, -0.05) is 5.21 Å². The van der Waals surface area contributed by atoms with E-state index in [0.717, 1.165) is 5.52 Å². The molecule has 2 N–H and O–H groups in total. The van der Waals surface area contributed by atoms with Crippen LogP contribution in [-0.2, 0) is 11.8 Å². The molecule has 21 heavy (non-hydrogen) atoms. The number of carbonyl (C=O) groups is 2. The molecule has 2 aromatic rings. The Hall–Kier alpha value is -2.44. The highest BCUT2D eigenvalue weighted by atomic mass is 16.4. The molecule has 7 heteroatoms. The predicted octanol–water partition coefficient (Wildman–Crippen LogP) is 1.20. The first kappa shape index (κ1) is 15.0. The Balaban J connectivity index is 2.01. The lowest BCUT2D eigenvalue weighted by Gasteiger charge is -2.18. The van der Waals surface area contributed by atoms with Gasteiger partial charge >= 0.3 is 5.97 Å². The van der Waals surface area contributed by atoms with Crippen LogP contribution in [0.15, 0.2) is 18.2 Å². The summed E-state index contributed by atoms with van der Waals surface area (Å²) in [5.74, 6) is -1.12. The maximum atomic E-state index is 12.0. The van der Waals surface area contributed by atoms with Crippen LogP contribution in [0.2, 0.25) is 0 Å². The number of aryl methyl sites for hydroxylation is 1. The second kappa shape index (κ2) is 5.51. The van der Waals surface area contributed by atoms with E-state index in [9.17, 15) is 9.59 Å². The van der Waals surface area contributed by atoms with Crippen molar-refractivity contribution in [1.82, 2.24) is 20.3 Å². The molecule has 0 bridgehead atoms. The minimum Gasteiger partial charge on any atom is -0.481 e. The zero-order valence-electron chi connectivity index (χ0n) is 12.3. The van der Waals surface area contributed by atoms with Crippen LogP contribution in [0, 0.1) is 5.41 Å². The highest BCUT2D eigenvalue weighted by molar-refractivity contribution is 5.97. The molecule has 1 aromatic heterocycles. The van der Waals surface area contributed by atoms with Crippen LogP contribution in [0.5, 0.6) is 0 Å². The van der Waals surface area contributed by atoms with Crippen LogP contribution in [0.1, 0.15) is 30.6 Å². The molecule has 0 spiro atoms. The summed E-state index contributed by atoms with van der Waals surface area (Å²) in [6.07, 6.45) is 0.363. The highest BCUT2D eigenvalue weighted by Crippen LogP contribution is 2.19. The van der Waals surface area contributed by atoms with E-state index in [2.05, 4.69) is 15.6 Å². The summed E-state index contributed by atoms with van der Waals surface area (Å²) in [7, 11) is 1.78. The Morgan fingerprint density at radius 1 is 1.38 bits per heavy atom. The van der Waals surface area contributed by atoms with Crippen molar-refractivity contribution in [2.75, 3.05) is 6.54 Å². The number of hydrogen-bond acceptors (Lipinski definition) is 4. The maximum absolute atomic E-state index is 12.0.